The minimum Gasteiger partial charge on any atom is -0.493 e. The van der Waals surface area contributed by atoms with Crippen molar-refractivity contribution in [1.82, 2.24) is 4.90 Å². The molecule has 11 nitrogen and oxygen atoms in total. The van der Waals surface area contributed by atoms with Crippen LogP contribution in [0, 0.1) is 0 Å². The smallest absolute Gasteiger partial charge is 0.338 e. The van der Waals surface area contributed by atoms with E-state index < -0.39 is 11.9 Å². The lowest BCUT2D eigenvalue weighted by Crippen LogP contribution is -2.21. The fraction of sp³-hybridized carbons (Fsp3) is 0.515. The molecule has 0 radical (unpaired) electrons. The molecule has 2 aromatic rings. The third-order valence-electron chi connectivity index (χ3n) is 6.85. The summed E-state index contributed by atoms with van der Waals surface area (Å²) in [6.07, 6.45) is 8.57. The van der Waals surface area contributed by atoms with Crippen molar-refractivity contribution >= 4 is 18.0 Å². The van der Waals surface area contributed by atoms with Crippen molar-refractivity contribution in [2.75, 3.05) is 76.0 Å². The summed E-state index contributed by atoms with van der Waals surface area (Å²) in [4.78, 5) is 26.9. The number of carbonyl (C=O) groups is 2. The van der Waals surface area contributed by atoms with Crippen molar-refractivity contribution in [1.29, 1.82) is 0 Å². The van der Waals surface area contributed by atoms with Crippen molar-refractivity contribution in [3.63, 3.8) is 0 Å². The lowest BCUT2D eigenvalue weighted by molar-refractivity contribution is -0.137. The minimum absolute atomic E-state index is 0.343. The number of unbranched alkanes of at least 4 members (excludes halogenated alkanes) is 4. The fourth-order valence-electron chi connectivity index (χ4n) is 4.46. The van der Waals surface area contributed by atoms with Gasteiger partial charge in [0.1, 0.15) is 0 Å². The molecule has 0 aliphatic carbocycles. The van der Waals surface area contributed by atoms with Crippen LogP contribution >= 0.6 is 0 Å². The molecule has 0 fully saturated rings. The Bertz CT molecular complexity index is 1160. The topological polar surface area (TPSA) is 111 Å². The summed E-state index contributed by atoms with van der Waals surface area (Å²) in [6.45, 7) is 2.64. The number of rotatable bonds is 21. The molecule has 11 heteroatoms. The first kappa shape index (κ1) is 36.1. The normalized spacial score (nSPS) is 10.9. The number of esters is 2. The van der Waals surface area contributed by atoms with E-state index in [1.807, 2.05) is 0 Å². The van der Waals surface area contributed by atoms with Gasteiger partial charge in [0.05, 0.1) is 61.4 Å². The van der Waals surface area contributed by atoms with E-state index in [4.69, 9.17) is 37.9 Å². The molecule has 0 spiro atoms. The number of benzene rings is 2. The van der Waals surface area contributed by atoms with Crippen LogP contribution in [-0.4, -0.2) is 92.8 Å². The highest BCUT2D eigenvalue weighted by Crippen LogP contribution is 2.39. The summed E-state index contributed by atoms with van der Waals surface area (Å²) >= 11 is 0. The lowest BCUT2D eigenvalue weighted by Gasteiger charge is -2.16. The van der Waals surface area contributed by atoms with E-state index in [2.05, 4.69) is 11.9 Å². The molecule has 2 rings (SSSR count). The van der Waals surface area contributed by atoms with Gasteiger partial charge >= 0.3 is 11.9 Å². The first-order chi connectivity index (χ1) is 21.3. The predicted molar refractivity (Wildman–Crippen MR) is 168 cm³/mol. The number of carbonyl (C=O) groups excluding carboxylic acids is 2. The van der Waals surface area contributed by atoms with Gasteiger partial charge in [-0.3, -0.25) is 0 Å². The van der Waals surface area contributed by atoms with Crippen LogP contribution in [0.5, 0.6) is 34.5 Å². The van der Waals surface area contributed by atoms with E-state index >= 15 is 0 Å². The Hall–Kier alpha value is -4.12. The SMILES string of the molecule is COc1cc(/C=C/C(=O)OCCCCCN(C)CCCCCOC(=O)c2cc(OC)c(OC)c(OC)c2)cc(OC)c1OC. The maximum Gasteiger partial charge on any atom is 0.338 e. The zero-order chi connectivity index (χ0) is 32.3. The molecular weight excluding hydrogens is 570 g/mol. The molecule has 0 aliphatic rings. The van der Waals surface area contributed by atoms with Crippen LogP contribution in [0.25, 0.3) is 6.08 Å². The van der Waals surface area contributed by atoms with E-state index in [-0.39, 0.29) is 0 Å². The van der Waals surface area contributed by atoms with Gasteiger partial charge in [-0.25, -0.2) is 9.59 Å². The molecule has 2 aromatic carbocycles. The highest BCUT2D eigenvalue weighted by molar-refractivity contribution is 5.91. The number of nitrogens with zero attached hydrogens (tertiary/aromatic N) is 1. The Balaban J connectivity index is 1.57. The Morgan fingerprint density at radius 3 is 1.52 bits per heavy atom. The lowest BCUT2D eigenvalue weighted by atomic mass is 10.1. The molecule has 0 bridgehead atoms. The standard InChI is InChI=1S/C33H47NO10/c1-34(17-11-9-13-19-44-33(36)25-22-28(39-4)32(42-7)29(23-25)40-5)16-10-8-12-18-43-30(35)15-14-24-20-26(37-2)31(41-6)27(21-24)38-3/h14-15,20-23H,8-13,16-19H2,1-7H3/b15-14+. The van der Waals surface area contributed by atoms with Crippen molar-refractivity contribution in [2.45, 2.75) is 38.5 Å². The molecule has 0 saturated heterocycles. The van der Waals surface area contributed by atoms with E-state index in [1.54, 1.807) is 44.6 Å². The van der Waals surface area contributed by atoms with Gasteiger partial charge in [-0.05, 0) is 94.6 Å². The second-order valence-electron chi connectivity index (χ2n) is 9.93. The third-order valence-corrected chi connectivity index (χ3v) is 6.85. The van der Waals surface area contributed by atoms with Gasteiger partial charge in [0.15, 0.2) is 23.0 Å². The van der Waals surface area contributed by atoms with Crippen molar-refractivity contribution < 1.29 is 47.5 Å². The van der Waals surface area contributed by atoms with Crippen molar-refractivity contribution in [3.05, 3.63) is 41.5 Å². The summed E-state index contributed by atoms with van der Waals surface area (Å²) in [6, 6.07) is 6.69. The molecule has 0 aromatic heterocycles. The van der Waals surface area contributed by atoms with Gasteiger partial charge in [-0.2, -0.15) is 0 Å². The predicted octanol–water partition coefficient (Wildman–Crippen LogP) is 5.42. The van der Waals surface area contributed by atoms with Gasteiger partial charge in [0.25, 0.3) is 0 Å². The molecule has 44 heavy (non-hydrogen) atoms. The van der Waals surface area contributed by atoms with Crippen LogP contribution in [0.1, 0.15) is 54.4 Å². The number of hydrogen-bond acceptors (Lipinski definition) is 11. The molecule has 0 amide bonds. The summed E-state index contributed by atoms with van der Waals surface area (Å²) in [7, 11) is 11.2. The Kier molecular flexibility index (Phi) is 16.4. The van der Waals surface area contributed by atoms with E-state index in [0.717, 1.165) is 57.2 Å². The highest BCUT2D eigenvalue weighted by atomic mass is 16.5. The quantitative estimate of drug-likeness (QED) is 0.102. The van der Waals surface area contributed by atoms with Crippen LogP contribution in [0.3, 0.4) is 0 Å². The van der Waals surface area contributed by atoms with Crippen LogP contribution in [0.2, 0.25) is 0 Å². The summed E-state index contributed by atoms with van der Waals surface area (Å²) in [5.41, 5.74) is 1.08. The van der Waals surface area contributed by atoms with E-state index in [9.17, 15) is 9.59 Å². The number of ether oxygens (including phenoxy) is 8. The molecule has 0 aliphatic heterocycles. The van der Waals surface area contributed by atoms with Crippen LogP contribution in [0.4, 0.5) is 0 Å². The number of hydrogen-bond donors (Lipinski definition) is 0. The third kappa shape index (κ3) is 11.5. The minimum atomic E-state index is -0.429. The maximum atomic E-state index is 12.5. The van der Waals surface area contributed by atoms with Gasteiger partial charge in [-0.1, -0.05) is 0 Å². The van der Waals surface area contributed by atoms with Crippen molar-refractivity contribution in [3.8, 4) is 34.5 Å². The largest absolute Gasteiger partial charge is 0.493 e. The summed E-state index contributed by atoms with van der Waals surface area (Å²) in [5, 5.41) is 0. The first-order valence-electron chi connectivity index (χ1n) is 14.6. The molecule has 0 atom stereocenters. The average Bonchev–Trinajstić information content (AvgIpc) is 3.05. The molecule has 0 saturated carbocycles. The first-order valence-corrected chi connectivity index (χ1v) is 14.6. The molecule has 0 unspecified atom stereocenters. The van der Waals surface area contributed by atoms with Crippen LogP contribution < -0.4 is 28.4 Å². The van der Waals surface area contributed by atoms with Crippen LogP contribution in [-0.2, 0) is 14.3 Å². The molecule has 0 N–H and O–H groups in total. The monoisotopic (exact) mass is 617 g/mol. The zero-order valence-corrected chi connectivity index (χ0v) is 27.1. The van der Waals surface area contributed by atoms with Gasteiger partial charge in [-0.15, -0.1) is 0 Å². The Morgan fingerprint density at radius 2 is 1.07 bits per heavy atom. The zero-order valence-electron chi connectivity index (χ0n) is 27.1. The Morgan fingerprint density at radius 1 is 0.614 bits per heavy atom. The second-order valence-corrected chi connectivity index (χ2v) is 9.93. The van der Waals surface area contributed by atoms with Crippen molar-refractivity contribution in [2.24, 2.45) is 0 Å². The summed E-state index contributed by atoms with van der Waals surface area (Å²) in [5.74, 6) is 1.93. The van der Waals surface area contributed by atoms with Gasteiger partial charge in [0.2, 0.25) is 11.5 Å². The Labute approximate surface area is 260 Å². The molecule has 244 valence electrons. The maximum absolute atomic E-state index is 12.5. The molecular formula is C33H47NO10. The van der Waals surface area contributed by atoms with Gasteiger partial charge in [0, 0.05) is 6.08 Å². The average molecular weight is 618 g/mol. The second kappa shape index (κ2) is 20.0. The number of methoxy groups -OCH3 is 6. The van der Waals surface area contributed by atoms with E-state index in [1.165, 1.54) is 34.5 Å². The molecule has 0 heterocycles. The van der Waals surface area contributed by atoms with Crippen LogP contribution in [0.15, 0.2) is 30.3 Å². The highest BCUT2D eigenvalue weighted by Gasteiger charge is 2.18. The fourth-order valence-corrected chi connectivity index (χ4v) is 4.46. The van der Waals surface area contributed by atoms with E-state index in [0.29, 0.717) is 53.3 Å². The van der Waals surface area contributed by atoms with Gasteiger partial charge < -0.3 is 42.8 Å². The summed E-state index contributed by atoms with van der Waals surface area (Å²) < 4.78 is 42.6.